The maximum absolute atomic E-state index is 15.1. The molecule has 158 valence electrons. The van der Waals surface area contributed by atoms with Crippen LogP contribution in [0.25, 0.3) is 5.52 Å². The molecule has 2 N–H and O–H groups in total. The van der Waals surface area contributed by atoms with Gasteiger partial charge in [-0.25, -0.2) is 9.18 Å². The van der Waals surface area contributed by atoms with E-state index in [-0.39, 0.29) is 30.0 Å². The van der Waals surface area contributed by atoms with Gasteiger partial charge in [0.25, 0.3) is 5.56 Å². The molecule has 2 aromatic heterocycles. The Morgan fingerprint density at radius 1 is 1.41 bits per heavy atom. The number of anilines is 1. The maximum atomic E-state index is 15.1. The summed E-state index contributed by atoms with van der Waals surface area (Å²) in [5, 5.41) is 12.5. The number of nitrogens with one attached hydrogen (secondary N) is 1. The molecular weight excluding hydrogens is 401 g/mol. The van der Waals surface area contributed by atoms with Gasteiger partial charge in [-0.1, -0.05) is 0 Å². The van der Waals surface area contributed by atoms with Gasteiger partial charge in [0.1, 0.15) is 5.56 Å². The molecule has 2 aromatic rings. The molecule has 2 aliphatic rings. The number of likely N-dealkylation sites (N-methyl/N-ethyl adjacent to an activating group) is 1. The minimum absolute atomic E-state index is 0. The molecule has 2 fully saturated rings. The average molecular weight is 426 g/mol. The van der Waals surface area contributed by atoms with Gasteiger partial charge in [-0.3, -0.25) is 9.20 Å². The third kappa shape index (κ3) is 3.84. The van der Waals surface area contributed by atoms with Crippen molar-refractivity contribution in [2.24, 2.45) is 0 Å². The van der Waals surface area contributed by atoms with E-state index in [9.17, 15) is 14.7 Å². The van der Waals surface area contributed by atoms with Gasteiger partial charge in [-0.05, 0) is 49.9 Å². The van der Waals surface area contributed by atoms with Gasteiger partial charge in [0.2, 0.25) is 0 Å². The smallest absolute Gasteiger partial charge is 0.341 e. The summed E-state index contributed by atoms with van der Waals surface area (Å²) in [4.78, 5) is 26.1. The number of aromatic nitrogens is 1. The average Bonchev–Trinajstić information content (AvgIpc) is 3.48. The lowest BCUT2D eigenvalue weighted by Gasteiger charge is -2.36. The molecule has 1 aliphatic heterocycles. The van der Waals surface area contributed by atoms with Crippen LogP contribution in [0.3, 0.4) is 0 Å². The normalized spacial score (nSPS) is 19.3. The van der Waals surface area contributed by atoms with Crippen molar-refractivity contribution in [2.45, 2.75) is 31.8 Å². The number of aryl methyl sites for hydroxylation is 1. The van der Waals surface area contributed by atoms with Gasteiger partial charge < -0.3 is 20.1 Å². The molecule has 0 aromatic carbocycles. The van der Waals surface area contributed by atoms with Gasteiger partial charge >= 0.3 is 5.97 Å². The fourth-order valence-corrected chi connectivity index (χ4v) is 4.16. The largest absolute Gasteiger partial charge is 0.477 e. The van der Waals surface area contributed by atoms with E-state index in [1.54, 1.807) is 0 Å². The van der Waals surface area contributed by atoms with E-state index >= 15 is 4.39 Å². The van der Waals surface area contributed by atoms with Crippen LogP contribution >= 0.6 is 12.4 Å². The van der Waals surface area contributed by atoms with Crippen molar-refractivity contribution in [1.82, 2.24) is 9.72 Å². The lowest BCUT2D eigenvalue weighted by atomic mass is 10.0. The van der Waals surface area contributed by atoms with Crippen LogP contribution in [0.4, 0.5) is 10.1 Å². The minimum Gasteiger partial charge on any atom is -0.477 e. The van der Waals surface area contributed by atoms with Crippen LogP contribution < -0.4 is 15.8 Å². The van der Waals surface area contributed by atoms with Crippen molar-refractivity contribution >= 4 is 29.6 Å². The number of carboxylic acid groups (broad SMARTS) is 1. The van der Waals surface area contributed by atoms with Crippen LogP contribution in [0.15, 0.2) is 17.1 Å². The highest BCUT2D eigenvalue weighted by molar-refractivity contribution is 5.89. The quantitative estimate of drug-likeness (QED) is 0.764. The van der Waals surface area contributed by atoms with Crippen molar-refractivity contribution in [3.8, 4) is 0 Å². The van der Waals surface area contributed by atoms with E-state index in [1.165, 1.54) is 10.5 Å². The van der Waals surface area contributed by atoms with Crippen LogP contribution in [0, 0.1) is 12.7 Å². The van der Waals surface area contributed by atoms with Gasteiger partial charge in [-0.15, -0.1) is 12.4 Å². The number of pyridine rings is 2. The van der Waals surface area contributed by atoms with E-state index in [0.29, 0.717) is 43.0 Å². The topological polar surface area (TPSA) is 83.3 Å². The SMILES string of the molecule is CNCC1CN(c2c(F)cn3c(=O)c(C(=O)O)cc(C4CC4)c3c2C)CCO1.Cl. The van der Waals surface area contributed by atoms with Crippen LogP contribution in [0.2, 0.25) is 0 Å². The first kappa shape index (κ1) is 21.5. The molecule has 1 unspecified atom stereocenters. The highest BCUT2D eigenvalue weighted by Crippen LogP contribution is 2.44. The Morgan fingerprint density at radius 2 is 2.14 bits per heavy atom. The standard InChI is InChI=1S/C20H24FN3O4.ClH/c1-11-17-14(12-3-4-12)7-15(20(26)27)19(25)24(17)10-16(21)18(11)23-5-6-28-13(9-23)8-22-2;/h7,10,12-13,22H,3-6,8-9H2,1-2H3,(H,26,27);1H. The van der Waals surface area contributed by atoms with Gasteiger partial charge in [0.15, 0.2) is 5.82 Å². The van der Waals surface area contributed by atoms with Crippen LogP contribution in [0.5, 0.6) is 0 Å². The van der Waals surface area contributed by atoms with E-state index in [4.69, 9.17) is 4.74 Å². The second-order valence-electron chi connectivity index (χ2n) is 7.56. The summed E-state index contributed by atoms with van der Waals surface area (Å²) < 4.78 is 22.0. The third-order valence-corrected chi connectivity index (χ3v) is 5.58. The predicted molar refractivity (Wildman–Crippen MR) is 110 cm³/mol. The first-order chi connectivity index (χ1) is 13.4. The summed E-state index contributed by atoms with van der Waals surface area (Å²) in [6.45, 7) is 4.08. The second-order valence-corrected chi connectivity index (χ2v) is 7.56. The Labute approximate surface area is 173 Å². The molecule has 0 amide bonds. The van der Waals surface area contributed by atoms with Crippen LogP contribution in [0.1, 0.15) is 40.2 Å². The summed E-state index contributed by atoms with van der Waals surface area (Å²) >= 11 is 0. The number of hydrogen-bond donors (Lipinski definition) is 2. The minimum atomic E-state index is -1.29. The van der Waals surface area contributed by atoms with E-state index in [0.717, 1.165) is 24.6 Å². The highest BCUT2D eigenvalue weighted by Gasteiger charge is 2.31. The zero-order valence-electron chi connectivity index (χ0n) is 16.4. The molecule has 7 nitrogen and oxygen atoms in total. The number of rotatable bonds is 5. The molecule has 1 saturated carbocycles. The number of hydrogen-bond acceptors (Lipinski definition) is 5. The van der Waals surface area contributed by atoms with Crippen molar-refractivity contribution in [1.29, 1.82) is 0 Å². The molecule has 3 heterocycles. The third-order valence-electron chi connectivity index (χ3n) is 5.58. The van der Waals surface area contributed by atoms with Crippen molar-refractivity contribution < 1.29 is 19.0 Å². The molecule has 1 atom stereocenters. The Morgan fingerprint density at radius 3 is 2.76 bits per heavy atom. The van der Waals surface area contributed by atoms with Gasteiger partial charge in [-0.2, -0.15) is 0 Å². The fraction of sp³-hybridized carbons (Fsp3) is 0.500. The number of carbonyl (C=O) groups is 1. The molecular formula is C20H25ClFN3O4. The summed E-state index contributed by atoms with van der Waals surface area (Å²) in [5.74, 6) is -1.60. The molecule has 1 aliphatic carbocycles. The second kappa shape index (κ2) is 8.30. The molecule has 0 spiro atoms. The van der Waals surface area contributed by atoms with Crippen molar-refractivity contribution in [2.75, 3.05) is 38.2 Å². The number of ether oxygens (including phenoxy) is 1. The fourth-order valence-electron chi connectivity index (χ4n) is 4.16. The predicted octanol–water partition coefficient (Wildman–Crippen LogP) is 2.17. The lowest BCUT2D eigenvalue weighted by molar-refractivity contribution is 0.0419. The number of halogens is 2. The molecule has 29 heavy (non-hydrogen) atoms. The number of carboxylic acids is 1. The van der Waals surface area contributed by atoms with E-state index in [1.807, 2.05) is 18.9 Å². The lowest BCUT2D eigenvalue weighted by Crippen LogP contribution is -2.47. The van der Waals surface area contributed by atoms with Crippen molar-refractivity contribution in [3.05, 3.63) is 45.1 Å². The Kier molecular flexibility index (Phi) is 6.16. The van der Waals surface area contributed by atoms with Crippen molar-refractivity contribution in [3.63, 3.8) is 0 Å². The van der Waals surface area contributed by atoms with E-state index < -0.39 is 17.3 Å². The zero-order chi connectivity index (χ0) is 20.0. The first-order valence-electron chi connectivity index (χ1n) is 9.55. The van der Waals surface area contributed by atoms with E-state index in [2.05, 4.69) is 5.32 Å². The molecule has 1 saturated heterocycles. The number of morpholine rings is 1. The van der Waals surface area contributed by atoms with Crippen LogP contribution in [-0.2, 0) is 4.74 Å². The molecule has 0 bridgehead atoms. The Balaban J connectivity index is 0.00000240. The highest BCUT2D eigenvalue weighted by atomic mass is 35.5. The first-order valence-corrected chi connectivity index (χ1v) is 9.55. The number of nitrogens with zero attached hydrogens (tertiary/aromatic N) is 2. The zero-order valence-corrected chi connectivity index (χ0v) is 17.2. The Bertz CT molecular complexity index is 1000. The molecule has 4 rings (SSSR count). The number of fused-ring (bicyclic) bond motifs is 1. The monoisotopic (exact) mass is 425 g/mol. The molecule has 0 radical (unpaired) electrons. The summed E-state index contributed by atoms with van der Waals surface area (Å²) in [7, 11) is 1.85. The summed E-state index contributed by atoms with van der Waals surface area (Å²) in [6, 6.07) is 1.48. The van der Waals surface area contributed by atoms with Crippen LogP contribution in [-0.4, -0.2) is 54.9 Å². The summed E-state index contributed by atoms with van der Waals surface area (Å²) in [6.07, 6.45) is 2.98. The van der Waals surface area contributed by atoms with Gasteiger partial charge in [0, 0.05) is 19.6 Å². The number of aromatic carboxylic acids is 1. The maximum Gasteiger partial charge on any atom is 0.341 e. The Hall–Kier alpha value is -2.16. The summed E-state index contributed by atoms with van der Waals surface area (Å²) in [5.41, 5.74) is 1.57. The molecule has 9 heteroatoms. The van der Waals surface area contributed by atoms with Gasteiger partial charge in [0.05, 0.1) is 30.1 Å².